The standard InChI is InChI=1S/C15H22FN3O.HI/c1-3-13(20-14-6-4-5-11(16)9-14)10-18-15(17)19(2)12-7-8-12;/h4-6,9,12-13H,3,7-8,10H2,1-2H3,(H2,17,18);1H. The molecule has 1 saturated carbocycles. The molecule has 1 aliphatic carbocycles. The zero-order valence-electron chi connectivity index (χ0n) is 12.5. The molecule has 0 amide bonds. The molecule has 1 aromatic carbocycles. The minimum Gasteiger partial charge on any atom is -0.488 e. The summed E-state index contributed by atoms with van der Waals surface area (Å²) in [6, 6.07) is 6.70. The van der Waals surface area contributed by atoms with Crippen molar-refractivity contribution < 1.29 is 9.13 Å². The van der Waals surface area contributed by atoms with E-state index in [0.29, 0.717) is 24.3 Å². The molecule has 4 nitrogen and oxygen atoms in total. The van der Waals surface area contributed by atoms with E-state index < -0.39 is 0 Å². The third-order valence-electron chi connectivity index (χ3n) is 3.47. The van der Waals surface area contributed by atoms with Crippen molar-refractivity contribution in [3.8, 4) is 5.75 Å². The fourth-order valence-electron chi connectivity index (χ4n) is 1.94. The molecule has 6 heteroatoms. The minimum atomic E-state index is -0.297. The van der Waals surface area contributed by atoms with E-state index >= 15 is 0 Å². The summed E-state index contributed by atoms with van der Waals surface area (Å²) >= 11 is 0. The first kappa shape index (κ1) is 18.0. The molecule has 2 N–H and O–H groups in total. The Morgan fingerprint density at radius 1 is 1.52 bits per heavy atom. The van der Waals surface area contributed by atoms with Crippen LogP contribution in [0.15, 0.2) is 29.3 Å². The van der Waals surface area contributed by atoms with Crippen LogP contribution in [0.25, 0.3) is 0 Å². The highest BCUT2D eigenvalue weighted by molar-refractivity contribution is 14.0. The van der Waals surface area contributed by atoms with Crippen molar-refractivity contribution in [3.63, 3.8) is 0 Å². The molecular formula is C15H23FIN3O. The minimum absolute atomic E-state index is 0. The van der Waals surface area contributed by atoms with Gasteiger partial charge < -0.3 is 15.4 Å². The first-order valence-corrected chi connectivity index (χ1v) is 7.05. The molecule has 118 valence electrons. The molecule has 0 radical (unpaired) electrons. The van der Waals surface area contributed by atoms with Crippen molar-refractivity contribution >= 4 is 29.9 Å². The molecule has 0 aliphatic heterocycles. The highest BCUT2D eigenvalue weighted by atomic mass is 127. The number of nitrogens with two attached hydrogens (primary N) is 1. The van der Waals surface area contributed by atoms with Gasteiger partial charge in [0.1, 0.15) is 17.7 Å². The van der Waals surface area contributed by atoms with Gasteiger partial charge in [-0.15, -0.1) is 24.0 Å². The number of hydrogen-bond acceptors (Lipinski definition) is 2. The summed E-state index contributed by atoms with van der Waals surface area (Å²) in [5.41, 5.74) is 5.94. The van der Waals surface area contributed by atoms with Crippen LogP contribution < -0.4 is 10.5 Å². The van der Waals surface area contributed by atoms with Crippen molar-refractivity contribution in [1.29, 1.82) is 0 Å². The van der Waals surface area contributed by atoms with Crippen LogP contribution in [-0.2, 0) is 0 Å². The molecule has 1 unspecified atom stereocenters. The Bertz CT molecular complexity index is 480. The second-order valence-electron chi connectivity index (χ2n) is 5.15. The Morgan fingerprint density at radius 3 is 2.81 bits per heavy atom. The molecule has 21 heavy (non-hydrogen) atoms. The largest absolute Gasteiger partial charge is 0.488 e. The molecule has 1 aromatic rings. The van der Waals surface area contributed by atoms with E-state index in [0.717, 1.165) is 6.42 Å². The quantitative estimate of drug-likeness (QED) is 0.448. The summed E-state index contributed by atoms with van der Waals surface area (Å²) < 4.78 is 18.8. The SMILES string of the molecule is CCC(CN=C(N)N(C)C1CC1)Oc1cccc(F)c1.I. The first-order valence-electron chi connectivity index (χ1n) is 7.05. The maximum Gasteiger partial charge on any atom is 0.191 e. The van der Waals surface area contributed by atoms with Gasteiger partial charge in [-0.05, 0) is 31.4 Å². The average Bonchev–Trinajstić information content (AvgIpc) is 3.26. The molecule has 0 bridgehead atoms. The Balaban J connectivity index is 0.00000220. The molecule has 1 atom stereocenters. The lowest BCUT2D eigenvalue weighted by atomic mass is 10.2. The number of benzene rings is 1. The second kappa shape index (κ2) is 8.41. The topological polar surface area (TPSA) is 50.8 Å². The normalized spacial score (nSPS) is 16.0. The Morgan fingerprint density at radius 2 is 2.24 bits per heavy atom. The van der Waals surface area contributed by atoms with Crippen molar-refractivity contribution in [3.05, 3.63) is 30.1 Å². The van der Waals surface area contributed by atoms with Crippen LogP contribution in [0, 0.1) is 5.82 Å². The van der Waals surface area contributed by atoms with E-state index in [1.165, 1.54) is 25.0 Å². The van der Waals surface area contributed by atoms with E-state index in [-0.39, 0.29) is 35.9 Å². The van der Waals surface area contributed by atoms with Crippen LogP contribution in [0.2, 0.25) is 0 Å². The molecule has 1 fully saturated rings. The zero-order valence-corrected chi connectivity index (χ0v) is 14.8. The van der Waals surface area contributed by atoms with Gasteiger partial charge in [0.15, 0.2) is 5.96 Å². The average molecular weight is 407 g/mol. The number of guanidine groups is 1. The number of ether oxygens (including phenoxy) is 1. The summed E-state index contributed by atoms with van der Waals surface area (Å²) in [5.74, 6) is 0.781. The molecule has 0 spiro atoms. The van der Waals surface area contributed by atoms with Crippen LogP contribution in [-0.4, -0.2) is 36.6 Å². The van der Waals surface area contributed by atoms with Gasteiger partial charge in [-0.3, -0.25) is 0 Å². The van der Waals surface area contributed by atoms with Crippen molar-refractivity contribution in [1.82, 2.24) is 4.90 Å². The number of nitrogens with zero attached hydrogens (tertiary/aromatic N) is 2. The fourth-order valence-corrected chi connectivity index (χ4v) is 1.94. The Labute approximate surface area is 142 Å². The summed E-state index contributed by atoms with van der Waals surface area (Å²) in [6.45, 7) is 2.50. The third kappa shape index (κ3) is 5.68. The van der Waals surface area contributed by atoms with Crippen LogP contribution in [0.5, 0.6) is 5.75 Å². The number of rotatable bonds is 6. The zero-order chi connectivity index (χ0) is 14.5. The van der Waals surface area contributed by atoms with Gasteiger partial charge in [0.2, 0.25) is 0 Å². The maximum atomic E-state index is 13.1. The van der Waals surface area contributed by atoms with Crippen LogP contribution in [0.4, 0.5) is 4.39 Å². The van der Waals surface area contributed by atoms with E-state index in [9.17, 15) is 4.39 Å². The summed E-state index contributed by atoms with van der Waals surface area (Å²) in [7, 11) is 1.96. The summed E-state index contributed by atoms with van der Waals surface area (Å²) in [4.78, 5) is 6.39. The summed E-state index contributed by atoms with van der Waals surface area (Å²) in [6.07, 6.45) is 3.07. The predicted octanol–water partition coefficient (Wildman–Crippen LogP) is 3.01. The van der Waals surface area contributed by atoms with Crippen LogP contribution >= 0.6 is 24.0 Å². The lowest BCUT2D eigenvalue weighted by Crippen LogP contribution is -2.36. The lowest BCUT2D eigenvalue weighted by molar-refractivity contribution is 0.204. The highest BCUT2D eigenvalue weighted by Gasteiger charge is 2.27. The third-order valence-corrected chi connectivity index (χ3v) is 3.47. The van der Waals surface area contributed by atoms with Crippen molar-refractivity contribution in [2.24, 2.45) is 10.7 Å². The highest BCUT2D eigenvalue weighted by Crippen LogP contribution is 2.24. The van der Waals surface area contributed by atoms with Gasteiger partial charge in [-0.2, -0.15) is 0 Å². The van der Waals surface area contributed by atoms with E-state index in [4.69, 9.17) is 10.5 Å². The van der Waals surface area contributed by atoms with Gasteiger partial charge in [0, 0.05) is 19.2 Å². The van der Waals surface area contributed by atoms with E-state index in [2.05, 4.69) is 4.99 Å². The second-order valence-corrected chi connectivity index (χ2v) is 5.15. The van der Waals surface area contributed by atoms with Crippen LogP contribution in [0.1, 0.15) is 26.2 Å². The van der Waals surface area contributed by atoms with Gasteiger partial charge in [0.25, 0.3) is 0 Å². The molecule has 0 saturated heterocycles. The first-order chi connectivity index (χ1) is 9.60. The number of hydrogen-bond donors (Lipinski definition) is 1. The molecule has 2 rings (SSSR count). The van der Waals surface area contributed by atoms with Gasteiger partial charge in [-0.1, -0.05) is 13.0 Å². The van der Waals surface area contributed by atoms with Crippen molar-refractivity contribution in [2.75, 3.05) is 13.6 Å². The van der Waals surface area contributed by atoms with Crippen LogP contribution in [0.3, 0.4) is 0 Å². The Hall–Kier alpha value is -1.05. The number of aliphatic imine (C=N–C) groups is 1. The number of halogens is 2. The molecule has 0 heterocycles. The molecule has 1 aliphatic rings. The molecule has 0 aromatic heterocycles. The van der Waals surface area contributed by atoms with Gasteiger partial charge in [0.05, 0.1) is 6.54 Å². The monoisotopic (exact) mass is 407 g/mol. The fraction of sp³-hybridized carbons (Fsp3) is 0.533. The van der Waals surface area contributed by atoms with Gasteiger partial charge >= 0.3 is 0 Å². The van der Waals surface area contributed by atoms with Crippen molar-refractivity contribution in [2.45, 2.75) is 38.3 Å². The maximum absolute atomic E-state index is 13.1. The summed E-state index contributed by atoms with van der Waals surface area (Å²) in [5, 5.41) is 0. The smallest absolute Gasteiger partial charge is 0.191 e. The van der Waals surface area contributed by atoms with Gasteiger partial charge in [-0.25, -0.2) is 9.38 Å². The molecular weight excluding hydrogens is 384 g/mol. The predicted molar refractivity (Wildman–Crippen MR) is 93.8 cm³/mol. The van der Waals surface area contributed by atoms with E-state index in [1.54, 1.807) is 12.1 Å². The Kier molecular flexibility index (Phi) is 7.21. The van der Waals surface area contributed by atoms with E-state index in [1.807, 2.05) is 18.9 Å². The lowest BCUT2D eigenvalue weighted by Gasteiger charge is -2.19.